The second kappa shape index (κ2) is 10.2. The molecule has 2 nitrogen and oxygen atoms in total. The predicted octanol–water partition coefficient (Wildman–Crippen LogP) is 1.26. The summed E-state index contributed by atoms with van der Waals surface area (Å²) in [4.78, 5) is 18.6. The molecule has 0 unspecified atom stereocenters. The third-order valence-electron chi connectivity index (χ3n) is 0.892. The summed E-state index contributed by atoms with van der Waals surface area (Å²) in [7, 11) is 0. The SMILES string of the molecule is C[C-]=O.O=[C-]c1ccccc1.[Re]. The average Bonchev–Trinajstić information content (AvgIpc) is 2.08. The van der Waals surface area contributed by atoms with Gasteiger partial charge in [-0.1, -0.05) is 6.07 Å². The molecule has 0 aliphatic heterocycles. The van der Waals surface area contributed by atoms with E-state index in [0.29, 0.717) is 5.56 Å². The largest absolute Gasteiger partial charge is 0.542 e. The molecule has 1 rings (SSSR count). The van der Waals surface area contributed by atoms with E-state index in [4.69, 9.17) is 4.79 Å². The van der Waals surface area contributed by atoms with Crippen LogP contribution in [0.2, 0.25) is 0 Å². The Morgan fingerprint density at radius 1 is 1.08 bits per heavy atom. The van der Waals surface area contributed by atoms with Gasteiger partial charge in [-0.3, -0.25) is 6.29 Å². The van der Waals surface area contributed by atoms with Gasteiger partial charge < -0.3 is 9.59 Å². The summed E-state index contributed by atoms with van der Waals surface area (Å²) >= 11 is 0. The monoisotopic (exact) mass is 335 g/mol. The van der Waals surface area contributed by atoms with Crippen LogP contribution in [0.5, 0.6) is 0 Å². The third kappa shape index (κ3) is 7.33. The molecule has 0 bridgehead atoms. The topological polar surface area (TPSA) is 34.1 Å². The second-order valence-electron chi connectivity index (χ2n) is 1.67. The van der Waals surface area contributed by atoms with Crippen LogP contribution >= 0.6 is 0 Å². The van der Waals surface area contributed by atoms with Crippen molar-refractivity contribution >= 4 is 12.6 Å². The molecule has 3 heteroatoms. The van der Waals surface area contributed by atoms with Crippen LogP contribution in [0.1, 0.15) is 12.5 Å². The van der Waals surface area contributed by atoms with Crippen molar-refractivity contribution in [2.24, 2.45) is 0 Å². The van der Waals surface area contributed by atoms with E-state index < -0.39 is 0 Å². The minimum Gasteiger partial charge on any atom is -0.542 e. The van der Waals surface area contributed by atoms with Crippen LogP contribution in [0.25, 0.3) is 0 Å². The molecule has 0 fully saturated rings. The van der Waals surface area contributed by atoms with Gasteiger partial charge in [0, 0.05) is 20.4 Å². The maximum Gasteiger partial charge on any atom is 0.0627 e. The quantitative estimate of drug-likeness (QED) is 0.725. The summed E-state index contributed by atoms with van der Waals surface area (Å²) in [6.07, 6.45) is 3.28. The molecule has 0 N–H and O–H groups in total. The van der Waals surface area contributed by atoms with Gasteiger partial charge in [0.25, 0.3) is 0 Å². The van der Waals surface area contributed by atoms with Crippen LogP contribution < -0.4 is 0 Å². The van der Waals surface area contributed by atoms with E-state index in [-0.39, 0.29) is 20.4 Å². The Bertz CT molecular complexity index is 209. The molecule has 0 heterocycles. The van der Waals surface area contributed by atoms with Gasteiger partial charge in [-0.2, -0.15) is 24.6 Å². The molecule has 0 saturated carbocycles. The van der Waals surface area contributed by atoms with E-state index in [9.17, 15) is 4.79 Å². The van der Waals surface area contributed by atoms with Crippen LogP contribution in [-0.4, -0.2) is 12.6 Å². The number of carbonyl (C=O) groups excluding carboxylic acids is 2. The maximum absolute atomic E-state index is 9.88. The van der Waals surface area contributed by atoms with Crippen LogP contribution in [0.4, 0.5) is 0 Å². The third-order valence-corrected chi connectivity index (χ3v) is 0.892. The van der Waals surface area contributed by atoms with Gasteiger partial charge in [-0.25, -0.2) is 0 Å². The zero-order valence-corrected chi connectivity index (χ0v) is 9.30. The van der Waals surface area contributed by atoms with Crippen molar-refractivity contribution < 1.29 is 30.0 Å². The van der Waals surface area contributed by atoms with E-state index >= 15 is 0 Å². The van der Waals surface area contributed by atoms with Gasteiger partial charge in [-0.05, 0) is 0 Å². The van der Waals surface area contributed by atoms with E-state index in [1.54, 1.807) is 30.6 Å². The summed E-state index contributed by atoms with van der Waals surface area (Å²) in [5.74, 6) is 0. The minimum atomic E-state index is 0. The van der Waals surface area contributed by atoms with E-state index in [1.807, 2.05) is 6.07 Å². The molecule has 1 aromatic carbocycles. The van der Waals surface area contributed by atoms with Crippen molar-refractivity contribution in [3.63, 3.8) is 0 Å². The van der Waals surface area contributed by atoms with E-state index in [0.717, 1.165) is 0 Å². The van der Waals surface area contributed by atoms with Crippen molar-refractivity contribution in [2.45, 2.75) is 6.92 Å². The Balaban J connectivity index is 0. The van der Waals surface area contributed by atoms with Crippen LogP contribution in [0, 0.1) is 0 Å². The predicted molar refractivity (Wildman–Crippen MR) is 42.6 cm³/mol. The van der Waals surface area contributed by atoms with Crippen molar-refractivity contribution in [1.29, 1.82) is 0 Å². The molecule has 12 heavy (non-hydrogen) atoms. The van der Waals surface area contributed by atoms with E-state index in [2.05, 4.69) is 0 Å². The Labute approximate surface area is 85.6 Å². The van der Waals surface area contributed by atoms with Crippen LogP contribution in [0.15, 0.2) is 30.3 Å². The fourth-order valence-corrected chi connectivity index (χ4v) is 0.506. The fraction of sp³-hybridized carbons (Fsp3) is 0.111. The number of hydrogen-bond donors (Lipinski definition) is 0. The molecule has 0 spiro atoms. The van der Waals surface area contributed by atoms with Gasteiger partial charge in [0.1, 0.15) is 0 Å². The average molecular weight is 334 g/mol. The zero-order chi connectivity index (χ0) is 8.53. The molecule has 0 amide bonds. The normalized spacial score (nSPS) is 6.75. The smallest absolute Gasteiger partial charge is 0.0627 e. The Morgan fingerprint density at radius 2 is 1.50 bits per heavy atom. The molecule has 0 aliphatic rings. The molecule has 0 aliphatic carbocycles. The summed E-state index contributed by atoms with van der Waals surface area (Å²) in [5.41, 5.74) is 0.604. The molecule has 0 saturated heterocycles. The Hall–Kier alpha value is -0.778. The second-order valence-corrected chi connectivity index (χ2v) is 1.67. The molecule has 0 atom stereocenters. The number of benzene rings is 1. The zero-order valence-electron chi connectivity index (χ0n) is 6.58. The van der Waals surface area contributed by atoms with Crippen molar-refractivity contribution in [2.75, 3.05) is 0 Å². The van der Waals surface area contributed by atoms with Gasteiger partial charge >= 0.3 is 0 Å². The van der Waals surface area contributed by atoms with Crippen LogP contribution in [0.3, 0.4) is 0 Å². The summed E-state index contributed by atoms with van der Waals surface area (Å²) in [6.45, 7) is 1.32. The first-order valence-corrected chi connectivity index (χ1v) is 3.07. The summed E-state index contributed by atoms with van der Waals surface area (Å²) in [5, 5.41) is 0. The number of hydrogen-bond acceptors (Lipinski definition) is 2. The fourth-order valence-electron chi connectivity index (χ4n) is 0.506. The first-order chi connectivity index (χ1) is 5.35. The standard InChI is InChI=1S/C7H5O.C2H3O.Re/c8-6-7-4-2-1-3-5-7;1-2-3;/h1-5H;1H3;/q2*-1;. The summed E-state index contributed by atoms with van der Waals surface area (Å²) < 4.78 is 0. The van der Waals surface area contributed by atoms with Crippen LogP contribution in [-0.2, 0) is 30.0 Å². The van der Waals surface area contributed by atoms with Gasteiger partial charge in [-0.15, -0.1) is 12.1 Å². The maximum atomic E-state index is 9.88. The molecule has 0 aromatic heterocycles. The minimum absolute atomic E-state index is 0. The molecule has 1 aromatic rings. The molecular weight excluding hydrogens is 326 g/mol. The van der Waals surface area contributed by atoms with Gasteiger partial charge in [0.2, 0.25) is 0 Å². The van der Waals surface area contributed by atoms with Crippen molar-refractivity contribution in [3.05, 3.63) is 35.9 Å². The molecule has 65 valence electrons. The molecule has 1 radical (unpaired) electrons. The van der Waals surface area contributed by atoms with Gasteiger partial charge in [0.05, 0.1) is 6.29 Å². The van der Waals surface area contributed by atoms with E-state index in [1.165, 1.54) is 13.2 Å². The molecular formula is C9H8O2Re-2. The van der Waals surface area contributed by atoms with Crippen molar-refractivity contribution in [3.8, 4) is 0 Å². The van der Waals surface area contributed by atoms with Crippen molar-refractivity contribution in [1.82, 2.24) is 0 Å². The Morgan fingerprint density at radius 3 is 1.75 bits per heavy atom. The number of rotatable bonds is 1. The first-order valence-electron chi connectivity index (χ1n) is 3.07. The Kier molecular flexibility index (Phi) is 11.7. The summed E-state index contributed by atoms with van der Waals surface area (Å²) in [6, 6.07) is 8.90. The first kappa shape index (κ1) is 13.8. The van der Waals surface area contributed by atoms with Gasteiger partial charge in [0.15, 0.2) is 0 Å².